The fourth-order valence-corrected chi connectivity index (χ4v) is 2.64. The molecule has 3 aromatic rings. The SMILES string of the molecule is O=C(NN=Cc1c[nH]c2ccc(Br)cc12)c1cccc(C(F)(F)F)c1. The zero-order valence-corrected chi connectivity index (χ0v) is 14.1. The number of aromatic amines is 1. The van der Waals surface area contributed by atoms with Gasteiger partial charge in [-0.2, -0.15) is 18.3 Å². The van der Waals surface area contributed by atoms with Gasteiger partial charge in [-0.1, -0.05) is 22.0 Å². The molecule has 2 aromatic carbocycles. The summed E-state index contributed by atoms with van der Waals surface area (Å²) >= 11 is 3.38. The normalized spacial score (nSPS) is 12.0. The van der Waals surface area contributed by atoms with Crippen molar-refractivity contribution >= 4 is 39.0 Å². The molecule has 2 N–H and O–H groups in total. The molecule has 0 unspecified atom stereocenters. The van der Waals surface area contributed by atoms with Gasteiger partial charge in [-0.3, -0.25) is 4.79 Å². The smallest absolute Gasteiger partial charge is 0.361 e. The van der Waals surface area contributed by atoms with E-state index in [1.165, 1.54) is 18.3 Å². The summed E-state index contributed by atoms with van der Waals surface area (Å²) in [5.41, 5.74) is 2.87. The summed E-state index contributed by atoms with van der Waals surface area (Å²) in [6.45, 7) is 0. The van der Waals surface area contributed by atoms with E-state index in [4.69, 9.17) is 0 Å². The quantitative estimate of drug-likeness (QED) is 0.477. The van der Waals surface area contributed by atoms with E-state index in [0.717, 1.165) is 33.1 Å². The average Bonchev–Trinajstić information content (AvgIpc) is 2.96. The molecular formula is C17H11BrF3N3O. The van der Waals surface area contributed by atoms with E-state index in [1.807, 2.05) is 18.2 Å². The predicted octanol–water partition coefficient (Wildman–Crippen LogP) is 4.71. The van der Waals surface area contributed by atoms with Crippen LogP contribution in [0.15, 0.2) is 58.2 Å². The van der Waals surface area contributed by atoms with Crippen LogP contribution in [0.3, 0.4) is 0 Å². The number of amides is 1. The lowest BCUT2D eigenvalue weighted by atomic mass is 10.1. The number of nitrogens with zero attached hydrogens (tertiary/aromatic N) is 1. The third kappa shape index (κ3) is 3.90. The number of alkyl halides is 3. The Balaban J connectivity index is 1.75. The Hall–Kier alpha value is -2.61. The van der Waals surface area contributed by atoms with Crippen molar-refractivity contribution in [1.82, 2.24) is 10.4 Å². The Morgan fingerprint density at radius 3 is 2.76 bits per heavy atom. The molecule has 1 amide bonds. The van der Waals surface area contributed by atoms with E-state index >= 15 is 0 Å². The third-order valence-corrected chi connectivity index (χ3v) is 3.99. The number of nitrogens with one attached hydrogen (secondary N) is 2. The van der Waals surface area contributed by atoms with E-state index in [0.29, 0.717) is 0 Å². The zero-order valence-electron chi connectivity index (χ0n) is 12.6. The van der Waals surface area contributed by atoms with Gasteiger partial charge in [-0.15, -0.1) is 0 Å². The monoisotopic (exact) mass is 409 g/mol. The number of hydrazone groups is 1. The maximum atomic E-state index is 12.7. The van der Waals surface area contributed by atoms with Crippen molar-refractivity contribution in [1.29, 1.82) is 0 Å². The van der Waals surface area contributed by atoms with Gasteiger partial charge in [-0.05, 0) is 36.4 Å². The second-order valence-electron chi connectivity index (χ2n) is 5.21. The summed E-state index contributed by atoms with van der Waals surface area (Å²) in [4.78, 5) is 15.0. The molecule has 0 aliphatic rings. The van der Waals surface area contributed by atoms with Crippen LogP contribution in [0, 0.1) is 0 Å². The number of carbonyl (C=O) groups excluding carboxylic acids is 1. The number of halogens is 4. The molecule has 0 saturated heterocycles. The molecule has 0 fully saturated rings. The van der Waals surface area contributed by atoms with Crippen LogP contribution in [0.2, 0.25) is 0 Å². The van der Waals surface area contributed by atoms with Gasteiger partial charge in [0.1, 0.15) is 0 Å². The summed E-state index contributed by atoms with van der Waals surface area (Å²) in [7, 11) is 0. The second kappa shape index (κ2) is 6.72. The van der Waals surface area contributed by atoms with Crippen molar-refractivity contribution in [3.63, 3.8) is 0 Å². The highest BCUT2D eigenvalue weighted by Crippen LogP contribution is 2.29. The Labute approximate surface area is 148 Å². The molecule has 0 saturated carbocycles. The van der Waals surface area contributed by atoms with E-state index in [1.54, 1.807) is 6.20 Å². The number of hydrogen-bond donors (Lipinski definition) is 2. The Morgan fingerprint density at radius 1 is 1.20 bits per heavy atom. The minimum absolute atomic E-state index is 0.117. The van der Waals surface area contributed by atoms with Crippen LogP contribution in [0.5, 0.6) is 0 Å². The van der Waals surface area contributed by atoms with Gasteiger partial charge in [0.2, 0.25) is 0 Å². The van der Waals surface area contributed by atoms with Crippen LogP contribution >= 0.6 is 15.9 Å². The highest BCUT2D eigenvalue weighted by molar-refractivity contribution is 9.10. The molecule has 3 rings (SSSR count). The van der Waals surface area contributed by atoms with E-state index in [-0.39, 0.29) is 5.56 Å². The fraction of sp³-hybridized carbons (Fsp3) is 0.0588. The van der Waals surface area contributed by atoms with Crippen molar-refractivity contribution in [2.24, 2.45) is 5.10 Å². The molecule has 128 valence electrons. The largest absolute Gasteiger partial charge is 0.416 e. The highest BCUT2D eigenvalue weighted by Gasteiger charge is 2.30. The van der Waals surface area contributed by atoms with Crippen molar-refractivity contribution in [3.05, 3.63) is 69.8 Å². The Bertz CT molecular complexity index is 963. The minimum Gasteiger partial charge on any atom is -0.361 e. The van der Waals surface area contributed by atoms with Crippen molar-refractivity contribution in [3.8, 4) is 0 Å². The molecule has 0 radical (unpaired) electrons. The maximum Gasteiger partial charge on any atom is 0.416 e. The van der Waals surface area contributed by atoms with Crippen LogP contribution < -0.4 is 5.43 Å². The van der Waals surface area contributed by atoms with Gasteiger partial charge < -0.3 is 4.98 Å². The van der Waals surface area contributed by atoms with Gasteiger partial charge >= 0.3 is 6.18 Å². The molecule has 1 heterocycles. The number of hydrogen-bond acceptors (Lipinski definition) is 2. The molecule has 0 atom stereocenters. The molecule has 0 aliphatic carbocycles. The predicted molar refractivity (Wildman–Crippen MR) is 92.5 cm³/mol. The lowest BCUT2D eigenvalue weighted by Gasteiger charge is -2.07. The van der Waals surface area contributed by atoms with Crippen LogP contribution in [0.4, 0.5) is 13.2 Å². The topological polar surface area (TPSA) is 57.2 Å². The fourth-order valence-electron chi connectivity index (χ4n) is 2.28. The minimum atomic E-state index is -4.50. The van der Waals surface area contributed by atoms with Crippen molar-refractivity contribution < 1.29 is 18.0 Å². The van der Waals surface area contributed by atoms with Crippen LogP contribution in [-0.4, -0.2) is 17.1 Å². The summed E-state index contributed by atoms with van der Waals surface area (Å²) in [6, 6.07) is 9.83. The molecule has 8 heteroatoms. The summed E-state index contributed by atoms with van der Waals surface area (Å²) in [6.07, 6.45) is -1.36. The number of carbonyl (C=O) groups is 1. The number of aromatic nitrogens is 1. The standard InChI is InChI=1S/C17H11BrF3N3O/c18-13-4-5-15-14(7-13)11(8-22-15)9-23-24-16(25)10-2-1-3-12(6-10)17(19,20)21/h1-9,22H,(H,24,25). The zero-order chi connectivity index (χ0) is 18.0. The third-order valence-electron chi connectivity index (χ3n) is 3.50. The molecule has 0 bridgehead atoms. The molecule has 4 nitrogen and oxygen atoms in total. The first-order valence-corrected chi connectivity index (χ1v) is 7.91. The maximum absolute atomic E-state index is 12.7. The molecular weight excluding hydrogens is 399 g/mol. The number of H-pyrrole nitrogens is 1. The summed E-state index contributed by atoms with van der Waals surface area (Å²) in [5.74, 6) is -0.719. The van der Waals surface area contributed by atoms with Gasteiger partial charge in [0.05, 0.1) is 11.8 Å². The number of rotatable bonds is 3. The van der Waals surface area contributed by atoms with Crippen molar-refractivity contribution in [2.45, 2.75) is 6.18 Å². The molecule has 0 spiro atoms. The van der Waals surface area contributed by atoms with Gasteiger partial charge in [0.25, 0.3) is 5.91 Å². The number of benzene rings is 2. The molecule has 0 aliphatic heterocycles. The van der Waals surface area contributed by atoms with Gasteiger partial charge in [0, 0.05) is 32.7 Å². The van der Waals surface area contributed by atoms with E-state index < -0.39 is 17.6 Å². The van der Waals surface area contributed by atoms with Crippen LogP contribution in [0.25, 0.3) is 10.9 Å². The summed E-state index contributed by atoms with van der Waals surface area (Å²) in [5, 5.41) is 4.72. The Morgan fingerprint density at radius 2 is 2.00 bits per heavy atom. The first-order chi connectivity index (χ1) is 11.8. The van der Waals surface area contributed by atoms with Gasteiger partial charge in [0.15, 0.2) is 0 Å². The number of fused-ring (bicyclic) bond motifs is 1. The summed E-state index contributed by atoms with van der Waals surface area (Å²) < 4.78 is 38.9. The molecule has 1 aromatic heterocycles. The highest BCUT2D eigenvalue weighted by atomic mass is 79.9. The first kappa shape index (κ1) is 17.2. The molecule has 25 heavy (non-hydrogen) atoms. The van der Waals surface area contributed by atoms with Gasteiger partial charge in [-0.25, -0.2) is 5.43 Å². The Kier molecular flexibility index (Phi) is 4.63. The second-order valence-corrected chi connectivity index (χ2v) is 6.13. The van der Waals surface area contributed by atoms with Crippen LogP contribution in [-0.2, 0) is 6.18 Å². The van der Waals surface area contributed by atoms with E-state index in [9.17, 15) is 18.0 Å². The average molecular weight is 410 g/mol. The lowest BCUT2D eigenvalue weighted by Crippen LogP contribution is -2.18. The lowest BCUT2D eigenvalue weighted by molar-refractivity contribution is -0.137. The van der Waals surface area contributed by atoms with E-state index in [2.05, 4.69) is 31.4 Å². The van der Waals surface area contributed by atoms with Crippen molar-refractivity contribution in [2.75, 3.05) is 0 Å². The first-order valence-electron chi connectivity index (χ1n) is 7.12. The van der Waals surface area contributed by atoms with Crippen LogP contribution in [0.1, 0.15) is 21.5 Å².